The summed E-state index contributed by atoms with van der Waals surface area (Å²) in [7, 11) is 0. The summed E-state index contributed by atoms with van der Waals surface area (Å²) in [6, 6.07) is 0. The molecule has 1 nitrogen and oxygen atoms in total. The highest BCUT2D eigenvalue weighted by Crippen LogP contribution is 2.54. The molecule has 0 bridgehead atoms. The molecule has 0 heterocycles. The van der Waals surface area contributed by atoms with Crippen LogP contribution in [0.1, 0.15) is 66.2 Å². The second-order valence-corrected chi connectivity index (χ2v) is 7.13. The van der Waals surface area contributed by atoms with Gasteiger partial charge in [0.15, 0.2) is 0 Å². The lowest BCUT2D eigenvalue weighted by molar-refractivity contribution is -0.110. The van der Waals surface area contributed by atoms with E-state index in [0.29, 0.717) is 5.92 Å². The Kier molecular flexibility index (Phi) is 3.11. The molecule has 0 amide bonds. The molecule has 16 heavy (non-hydrogen) atoms. The van der Waals surface area contributed by atoms with E-state index in [1.807, 2.05) is 0 Å². The van der Waals surface area contributed by atoms with E-state index in [1.165, 1.54) is 32.1 Å². The fourth-order valence-electron chi connectivity index (χ4n) is 4.09. The smallest absolute Gasteiger partial charge is 0.0726 e. The van der Waals surface area contributed by atoms with Crippen molar-refractivity contribution in [3.05, 3.63) is 0 Å². The summed E-state index contributed by atoms with van der Waals surface area (Å²) in [6.45, 7) is 9.26. The van der Waals surface area contributed by atoms with Gasteiger partial charge in [-0.15, -0.1) is 0 Å². The first-order chi connectivity index (χ1) is 7.37. The van der Waals surface area contributed by atoms with Gasteiger partial charge in [-0.3, -0.25) is 0 Å². The van der Waals surface area contributed by atoms with Crippen molar-refractivity contribution in [2.45, 2.75) is 71.8 Å². The number of hydrogen-bond acceptors (Lipinski definition) is 1. The fraction of sp³-hybridized carbons (Fsp3) is 1.00. The third-order valence-corrected chi connectivity index (χ3v) is 5.81. The molecule has 0 radical (unpaired) electrons. The van der Waals surface area contributed by atoms with E-state index in [0.717, 1.165) is 18.3 Å². The van der Waals surface area contributed by atoms with Crippen molar-refractivity contribution in [3.8, 4) is 0 Å². The Morgan fingerprint density at radius 2 is 1.69 bits per heavy atom. The van der Waals surface area contributed by atoms with Crippen molar-refractivity contribution in [1.82, 2.24) is 0 Å². The topological polar surface area (TPSA) is 20.2 Å². The highest BCUT2D eigenvalue weighted by molar-refractivity contribution is 5.04. The van der Waals surface area contributed by atoms with Crippen LogP contribution in [0.2, 0.25) is 0 Å². The van der Waals surface area contributed by atoms with Gasteiger partial charge in [0.1, 0.15) is 0 Å². The van der Waals surface area contributed by atoms with Gasteiger partial charge in [-0.2, -0.15) is 0 Å². The van der Waals surface area contributed by atoms with Crippen LogP contribution in [0, 0.1) is 23.2 Å². The third kappa shape index (κ3) is 1.81. The maximum absolute atomic E-state index is 11.0. The van der Waals surface area contributed by atoms with Crippen LogP contribution in [0.25, 0.3) is 0 Å². The molecular weight excluding hydrogens is 196 g/mol. The standard InChI is InChI=1S/C15H28O/c1-11-6-7-13(10-12(11)2)15(16)9-5-8-14(15,3)4/h11-13,16H,5-10H2,1-4H3. The molecule has 2 fully saturated rings. The van der Waals surface area contributed by atoms with Crippen LogP contribution in [-0.2, 0) is 0 Å². The highest BCUT2D eigenvalue weighted by Gasteiger charge is 2.52. The van der Waals surface area contributed by atoms with E-state index in [1.54, 1.807) is 0 Å². The van der Waals surface area contributed by atoms with Crippen LogP contribution in [0.15, 0.2) is 0 Å². The van der Waals surface area contributed by atoms with Gasteiger partial charge in [0.25, 0.3) is 0 Å². The second kappa shape index (κ2) is 4.01. The van der Waals surface area contributed by atoms with Crippen LogP contribution in [0.4, 0.5) is 0 Å². The fourth-order valence-corrected chi connectivity index (χ4v) is 4.09. The Hall–Kier alpha value is -0.0400. The van der Waals surface area contributed by atoms with Gasteiger partial charge in [-0.25, -0.2) is 0 Å². The monoisotopic (exact) mass is 224 g/mol. The van der Waals surface area contributed by atoms with Crippen LogP contribution < -0.4 is 0 Å². The molecule has 1 N–H and O–H groups in total. The molecule has 0 aromatic carbocycles. The van der Waals surface area contributed by atoms with Gasteiger partial charge in [-0.05, 0) is 55.3 Å². The summed E-state index contributed by atoms with van der Waals surface area (Å²) < 4.78 is 0. The molecule has 0 saturated heterocycles. The van der Waals surface area contributed by atoms with Gasteiger partial charge in [-0.1, -0.05) is 34.1 Å². The zero-order valence-corrected chi connectivity index (χ0v) is 11.4. The molecule has 0 spiro atoms. The Morgan fingerprint density at radius 1 is 1.00 bits per heavy atom. The Bertz CT molecular complexity index is 258. The maximum Gasteiger partial charge on any atom is 0.0726 e. The summed E-state index contributed by atoms with van der Waals surface area (Å²) in [5.41, 5.74) is -0.237. The van der Waals surface area contributed by atoms with Crippen LogP contribution in [0.5, 0.6) is 0 Å². The van der Waals surface area contributed by atoms with Crippen molar-refractivity contribution < 1.29 is 5.11 Å². The Labute approximate surface area is 101 Å². The second-order valence-electron chi connectivity index (χ2n) is 7.13. The van der Waals surface area contributed by atoms with Gasteiger partial charge in [0.05, 0.1) is 5.60 Å². The van der Waals surface area contributed by atoms with Crippen molar-refractivity contribution in [3.63, 3.8) is 0 Å². The minimum atomic E-state index is -0.374. The first kappa shape index (κ1) is 12.4. The SMILES string of the molecule is CC1CCC(C2(O)CCCC2(C)C)CC1C. The molecular formula is C15H28O. The number of aliphatic hydroxyl groups is 1. The summed E-state index contributed by atoms with van der Waals surface area (Å²) in [5, 5.41) is 11.0. The molecule has 2 aliphatic rings. The molecule has 0 aliphatic heterocycles. The summed E-state index contributed by atoms with van der Waals surface area (Å²) in [4.78, 5) is 0. The van der Waals surface area contributed by atoms with Crippen molar-refractivity contribution >= 4 is 0 Å². The van der Waals surface area contributed by atoms with Gasteiger partial charge in [0, 0.05) is 0 Å². The molecule has 4 atom stereocenters. The highest BCUT2D eigenvalue weighted by atomic mass is 16.3. The van der Waals surface area contributed by atoms with Crippen molar-refractivity contribution in [2.75, 3.05) is 0 Å². The van der Waals surface area contributed by atoms with E-state index in [4.69, 9.17) is 0 Å². The zero-order chi connectivity index (χ0) is 12.0. The number of rotatable bonds is 1. The maximum atomic E-state index is 11.0. The third-order valence-electron chi connectivity index (χ3n) is 5.81. The average Bonchev–Trinajstić information content (AvgIpc) is 2.47. The van der Waals surface area contributed by atoms with Crippen molar-refractivity contribution in [1.29, 1.82) is 0 Å². The molecule has 0 aromatic heterocycles. The molecule has 1 heteroatoms. The summed E-state index contributed by atoms with van der Waals surface area (Å²) in [6.07, 6.45) is 7.23. The molecule has 2 rings (SSSR count). The zero-order valence-electron chi connectivity index (χ0n) is 11.4. The minimum absolute atomic E-state index is 0.137. The van der Waals surface area contributed by atoms with Crippen LogP contribution in [-0.4, -0.2) is 10.7 Å². The Balaban J connectivity index is 2.13. The number of hydrogen-bond donors (Lipinski definition) is 1. The normalized spacial score (nSPS) is 48.2. The predicted octanol–water partition coefficient (Wildman–Crippen LogP) is 4.00. The molecule has 2 saturated carbocycles. The average molecular weight is 224 g/mol. The van der Waals surface area contributed by atoms with Gasteiger partial charge < -0.3 is 5.11 Å². The predicted molar refractivity (Wildman–Crippen MR) is 68.3 cm³/mol. The summed E-state index contributed by atoms with van der Waals surface area (Å²) in [5.74, 6) is 2.19. The molecule has 94 valence electrons. The summed E-state index contributed by atoms with van der Waals surface area (Å²) >= 11 is 0. The van der Waals surface area contributed by atoms with Gasteiger partial charge >= 0.3 is 0 Å². The molecule has 2 aliphatic carbocycles. The first-order valence-electron chi connectivity index (χ1n) is 7.09. The van der Waals surface area contributed by atoms with Crippen molar-refractivity contribution in [2.24, 2.45) is 23.2 Å². The van der Waals surface area contributed by atoms with Crippen LogP contribution >= 0.6 is 0 Å². The van der Waals surface area contributed by atoms with Gasteiger partial charge in [0.2, 0.25) is 0 Å². The lowest BCUT2D eigenvalue weighted by atomic mass is 9.62. The lowest BCUT2D eigenvalue weighted by Gasteiger charge is -2.47. The van der Waals surface area contributed by atoms with E-state index >= 15 is 0 Å². The largest absolute Gasteiger partial charge is 0.389 e. The van der Waals surface area contributed by atoms with E-state index in [9.17, 15) is 5.11 Å². The van der Waals surface area contributed by atoms with E-state index in [-0.39, 0.29) is 11.0 Å². The van der Waals surface area contributed by atoms with E-state index in [2.05, 4.69) is 27.7 Å². The lowest BCUT2D eigenvalue weighted by Crippen LogP contribution is -2.48. The molecule has 4 unspecified atom stereocenters. The Morgan fingerprint density at radius 3 is 2.19 bits per heavy atom. The van der Waals surface area contributed by atoms with Crippen LogP contribution in [0.3, 0.4) is 0 Å². The first-order valence-corrected chi connectivity index (χ1v) is 7.09. The minimum Gasteiger partial charge on any atom is -0.389 e. The molecule has 0 aromatic rings. The quantitative estimate of drug-likeness (QED) is 0.714. The van der Waals surface area contributed by atoms with E-state index < -0.39 is 0 Å².